The molecule has 0 atom stereocenters. The van der Waals surface area contributed by atoms with Gasteiger partial charge in [-0.05, 0) is 26.2 Å². The summed E-state index contributed by atoms with van der Waals surface area (Å²) in [6.07, 6.45) is 2.98. The SMILES string of the molecule is CSC(C)(C)CNC(=O)c1ccnc(F)c1F. The standard InChI is InChI=1S/C11H14F2N2OS/c1-11(2,17-3)6-15-10(16)7-4-5-14-9(13)8(7)12/h4-5H,6H2,1-3H3,(H,15,16). The van der Waals surface area contributed by atoms with Crippen LogP contribution >= 0.6 is 11.8 Å². The zero-order valence-electron chi connectivity index (χ0n) is 9.88. The summed E-state index contributed by atoms with van der Waals surface area (Å²) in [6, 6.07) is 1.15. The third-order valence-corrected chi connectivity index (χ3v) is 3.57. The van der Waals surface area contributed by atoms with Crippen LogP contribution in [0.4, 0.5) is 8.78 Å². The van der Waals surface area contributed by atoms with E-state index in [-0.39, 0.29) is 10.3 Å². The highest BCUT2D eigenvalue weighted by Crippen LogP contribution is 2.19. The summed E-state index contributed by atoms with van der Waals surface area (Å²) in [6.45, 7) is 4.26. The van der Waals surface area contributed by atoms with Gasteiger partial charge in [0.2, 0.25) is 5.95 Å². The summed E-state index contributed by atoms with van der Waals surface area (Å²) in [5.74, 6) is -3.11. The van der Waals surface area contributed by atoms with Gasteiger partial charge in [-0.25, -0.2) is 9.37 Å². The molecule has 0 saturated carbocycles. The Morgan fingerprint density at radius 1 is 1.53 bits per heavy atom. The van der Waals surface area contributed by atoms with E-state index in [9.17, 15) is 13.6 Å². The van der Waals surface area contributed by atoms with Gasteiger partial charge in [0, 0.05) is 17.5 Å². The van der Waals surface area contributed by atoms with Crippen molar-refractivity contribution < 1.29 is 13.6 Å². The van der Waals surface area contributed by atoms with Crippen molar-refractivity contribution in [3.8, 4) is 0 Å². The number of carbonyl (C=O) groups excluding carboxylic acids is 1. The van der Waals surface area contributed by atoms with Crippen LogP contribution in [0.15, 0.2) is 12.3 Å². The molecule has 17 heavy (non-hydrogen) atoms. The van der Waals surface area contributed by atoms with E-state index in [1.54, 1.807) is 11.8 Å². The normalized spacial score (nSPS) is 11.4. The van der Waals surface area contributed by atoms with Gasteiger partial charge in [-0.2, -0.15) is 16.2 Å². The molecule has 1 heterocycles. The van der Waals surface area contributed by atoms with E-state index < -0.39 is 17.7 Å². The van der Waals surface area contributed by atoms with Crippen molar-refractivity contribution >= 4 is 17.7 Å². The number of carbonyl (C=O) groups is 1. The number of nitrogens with one attached hydrogen (secondary N) is 1. The summed E-state index contributed by atoms with van der Waals surface area (Å²) in [7, 11) is 0. The third kappa shape index (κ3) is 3.66. The molecule has 0 aliphatic heterocycles. The summed E-state index contributed by atoms with van der Waals surface area (Å²) >= 11 is 1.58. The number of hydrogen-bond acceptors (Lipinski definition) is 3. The number of pyridine rings is 1. The van der Waals surface area contributed by atoms with Crippen LogP contribution in [-0.4, -0.2) is 28.4 Å². The Hall–Kier alpha value is -1.17. The maximum Gasteiger partial charge on any atom is 0.254 e. The van der Waals surface area contributed by atoms with E-state index in [2.05, 4.69) is 10.3 Å². The number of halogens is 2. The number of aromatic nitrogens is 1. The predicted octanol–water partition coefficient (Wildman–Crippen LogP) is 2.23. The second-order valence-corrected chi connectivity index (χ2v) is 5.62. The molecule has 0 fully saturated rings. The van der Waals surface area contributed by atoms with Gasteiger partial charge in [-0.3, -0.25) is 4.79 Å². The van der Waals surface area contributed by atoms with Crippen LogP contribution < -0.4 is 5.32 Å². The van der Waals surface area contributed by atoms with Crippen molar-refractivity contribution in [3.05, 3.63) is 29.6 Å². The minimum atomic E-state index is -1.26. The van der Waals surface area contributed by atoms with Crippen LogP contribution in [0.5, 0.6) is 0 Å². The molecule has 6 heteroatoms. The molecule has 1 N–H and O–H groups in total. The van der Waals surface area contributed by atoms with Crippen LogP contribution in [0.2, 0.25) is 0 Å². The lowest BCUT2D eigenvalue weighted by molar-refractivity contribution is 0.0945. The molecular formula is C11H14F2N2OS. The summed E-state index contributed by atoms with van der Waals surface area (Å²) < 4.78 is 25.9. The highest BCUT2D eigenvalue weighted by molar-refractivity contribution is 7.99. The van der Waals surface area contributed by atoms with E-state index in [1.165, 1.54) is 0 Å². The van der Waals surface area contributed by atoms with Crippen molar-refractivity contribution in [2.45, 2.75) is 18.6 Å². The van der Waals surface area contributed by atoms with Crippen LogP contribution in [0, 0.1) is 11.8 Å². The fourth-order valence-electron chi connectivity index (χ4n) is 1.05. The van der Waals surface area contributed by atoms with Crippen molar-refractivity contribution in [1.29, 1.82) is 0 Å². The first-order valence-electron chi connectivity index (χ1n) is 5.01. The van der Waals surface area contributed by atoms with Crippen LogP contribution in [0.3, 0.4) is 0 Å². The number of nitrogens with zero attached hydrogens (tertiary/aromatic N) is 1. The van der Waals surface area contributed by atoms with Gasteiger partial charge in [0.1, 0.15) is 0 Å². The highest BCUT2D eigenvalue weighted by atomic mass is 32.2. The molecule has 0 spiro atoms. The van der Waals surface area contributed by atoms with Gasteiger partial charge in [-0.1, -0.05) is 0 Å². The van der Waals surface area contributed by atoms with Gasteiger partial charge in [0.15, 0.2) is 5.82 Å². The van der Waals surface area contributed by atoms with Crippen molar-refractivity contribution in [1.82, 2.24) is 10.3 Å². The maximum absolute atomic E-state index is 13.3. The molecule has 1 rings (SSSR count). The fourth-order valence-corrected chi connectivity index (χ4v) is 1.27. The zero-order chi connectivity index (χ0) is 13.1. The topological polar surface area (TPSA) is 42.0 Å². The molecule has 0 radical (unpaired) electrons. The van der Waals surface area contributed by atoms with E-state index >= 15 is 0 Å². The fraction of sp³-hybridized carbons (Fsp3) is 0.455. The Labute approximate surface area is 103 Å². The highest BCUT2D eigenvalue weighted by Gasteiger charge is 2.20. The molecule has 3 nitrogen and oxygen atoms in total. The van der Waals surface area contributed by atoms with E-state index in [0.29, 0.717) is 6.54 Å². The van der Waals surface area contributed by atoms with Gasteiger partial charge >= 0.3 is 0 Å². The van der Waals surface area contributed by atoms with Gasteiger partial charge < -0.3 is 5.32 Å². The Balaban J connectivity index is 2.74. The monoisotopic (exact) mass is 260 g/mol. The van der Waals surface area contributed by atoms with Crippen LogP contribution in [0.1, 0.15) is 24.2 Å². The Bertz CT molecular complexity index is 424. The quantitative estimate of drug-likeness (QED) is 0.844. The van der Waals surface area contributed by atoms with E-state index in [1.807, 2.05) is 20.1 Å². The smallest absolute Gasteiger partial charge is 0.254 e. The molecule has 0 aromatic carbocycles. The third-order valence-electron chi connectivity index (χ3n) is 2.32. The number of hydrogen-bond donors (Lipinski definition) is 1. The van der Waals surface area contributed by atoms with Crippen molar-refractivity contribution in [2.75, 3.05) is 12.8 Å². The molecule has 0 aliphatic rings. The largest absolute Gasteiger partial charge is 0.351 e. The Kier molecular flexibility index (Phi) is 4.45. The molecular weight excluding hydrogens is 246 g/mol. The molecule has 1 aromatic heterocycles. The lowest BCUT2D eigenvalue weighted by Crippen LogP contribution is -2.36. The van der Waals surface area contributed by atoms with E-state index in [4.69, 9.17) is 0 Å². The summed E-state index contributed by atoms with van der Waals surface area (Å²) in [5, 5.41) is 2.56. The number of thioether (sulfide) groups is 1. The first-order valence-corrected chi connectivity index (χ1v) is 6.23. The maximum atomic E-state index is 13.3. The van der Waals surface area contributed by atoms with Gasteiger partial charge in [-0.15, -0.1) is 0 Å². The summed E-state index contributed by atoms with van der Waals surface area (Å²) in [5.41, 5.74) is -0.325. The van der Waals surface area contributed by atoms with Gasteiger partial charge in [0.25, 0.3) is 5.91 Å². The lowest BCUT2D eigenvalue weighted by atomic mass is 10.2. The van der Waals surface area contributed by atoms with Gasteiger partial charge in [0.05, 0.1) is 5.56 Å². The lowest BCUT2D eigenvalue weighted by Gasteiger charge is -2.22. The summed E-state index contributed by atoms with van der Waals surface area (Å²) in [4.78, 5) is 14.7. The Morgan fingerprint density at radius 3 is 2.76 bits per heavy atom. The van der Waals surface area contributed by atoms with Crippen LogP contribution in [0.25, 0.3) is 0 Å². The van der Waals surface area contributed by atoms with Crippen molar-refractivity contribution in [3.63, 3.8) is 0 Å². The molecule has 1 aromatic rings. The Morgan fingerprint density at radius 2 is 2.18 bits per heavy atom. The molecule has 1 amide bonds. The molecule has 0 unspecified atom stereocenters. The second kappa shape index (κ2) is 5.44. The molecule has 0 saturated heterocycles. The van der Waals surface area contributed by atoms with E-state index in [0.717, 1.165) is 12.3 Å². The minimum absolute atomic E-state index is 0.155. The number of amides is 1. The number of rotatable bonds is 4. The average molecular weight is 260 g/mol. The first-order chi connectivity index (χ1) is 7.87. The average Bonchev–Trinajstić information content (AvgIpc) is 2.30. The predicted molar refractivity (Wildman–Crippen MR) is 64.1 cm³/mol. The van der Waals surface area contributed by atoms with Crippen LogP contribution in [-0.2, 0) is 0 Å². The molecule has 0 bridgehead atoms. The molecule has 0 aliphatic carbocycles. The van der Waals surface area contributed by atoms with Crippen molar-refractivity contribution in [2.24, 2.45) is 0 Å². The molecule has 94 valence electrons. The minimum Gasteiger partial charge on any atom is -0.351 e. The second-order valence-electron chi connectivity index (χ2n) is 4.11. The zero-order valence-corrected chi connectivity index (χ0v) is 10.7. The first kappa shape index (κ1) is 13.9.